The lowest BCUT2D eigenvalue weighted by Gasteiger charge is -2.07. The average Bonchev–Trinajstić information content (AvgIpc) is 2.66. The van der Waals surface area contributed by atoms with E-state index in [1.54, 1.807) is 11.8 Å². The Morgan fingerprint density at radius 2 is 1.88 bits per heavy atom. The molecule has 0 atom stereocenters. The number of aryl methyl sites for hydroxylation is 2. The van der Waals surface area contributed by atoms with Crippen molar-refractivity contribution in [2.45, 2.75) is 20.5 Å². The van der Waals surface area contributed by atoms with Crippen LogP contribution in [-0.4, -0.2) is 22.0 Å². The number of hydrogen-bond donors (Lipinski definition) is 1. The first kappa shape index (κ1) is 11.7. The van der Waals surface area contributed by atoms with Gasteiger partial charge in [0, 0.05) is 0 Å². The zero-order valence-corrected chi connectivity index (χ0v) is 10.3. The summed E-state index contributed by atoms with van der Waals surface area (Å²) in [5.74, 6) is 0.592. The van der Waals surface area contributed by atoms with Crippen LogP contribution in [0.1, 0.15) is 16.8 Å². The molecule has 0 fully saturated rings. The predicted molar refractivity (Wildman–Crippen MR) is 65.5 cm³/mol. The van der Waals surface area contributed by atoms with Gasteiger partial charge in [0.25, 0.3) is 0 Å². The molecule has 17 heavy (non-hydrogen) atoms. The zero-order chi connectivity index (χ0) is 12.4. The smallest absolute Gasteiger partial charge is 0.222 e. The number of ether oxygens (including phenoxy) is 1. The molecule has 0 aliphatic heterocycles. The number of rotatable bonds is 3. The summed E-state index contributed by atoms with van der Waals surface area (Å²) in [5, 5.41) is 13.7. The van der Waals surface area contributed by atoms with E-state index >= 15 is 0 Å². The molecule has 90 valence electrons. The van der Waals surface area contributed by atoms with E-state index in [2.05, 4.69) is 5.10 Å². The molecule has 1 aromatic heterocycles. The van der Waals surface area contributed by atoms with Gasteiger partial charge in [0.05, 0.1) is 30.7 Å². The minimum Gasteiger partial charge on any atom is -0.481 e. The van der Waals surface area contributed by atoms with Gasteiger partial charge in [-0.3, -0.25) is 0 Å². The Hall–Kier alpha value is -1.81. The number of aromatic nitrogens is 2. The lowest BCUT2D eigenvalue weighted by Crippen LogP contribution is -2.00. The van der Waals surface area contributed by atoms with Gasteiger partial charge in [0.1, 0.15) is 0 Å². The van der Waals surface area contributed by atoms with Crippen molar-refractivity contribution in [2.24, 2.45) is 0 Å². The predicted octanol–water partition coefficient (Wildman–Crippen LogP) is 1.99. The van der Waals surface area contributed by atoms with Crippen molar-refractivity contribution >= 4 is 0 Å². The monoisotopic (exact) mass is 232 g/mol. The molecule has 2 rings (SSSR count). The van der Waals surface area contributed by atoms with E-state index in [-0.39, 0.29) is 6.61 Å². The van der Waals surface area contributed by atoms with Gasteiger partial charge in [-0.1, -0.05) is 17.7 Å². The molecule has 0 aliphatic carbocycles. The Labute approximate surface area is 100 Å². The highest BCUT2D eigenvalue weighted by Crippen LogP contribution is 2.25. The molecule has 1 N–H and O–H groups in total. The summed E-state index contributed by atoms with van der Waals surface area (Å²) in [4.78, 5) is 0. The molecular formula is C13H16N2O2. The van der Waals surface area contributed by atoms with Crippen LogP contribution in [-0.2, 0) is 6.61 Å². The summed E-state index contributed by atoms with van der Waals surface area (Å²) < 4.78 is 7.02. The summed E-state index contributed by atoms with van der Waals surface area (Å²) in [6, 6.07) is 7.99. The third kappa shape index (κ3) is 2.03. The van der Waals surface area contributed by atoms with Crippen LogP contribution in [0.3, 0.4) is 0 Å². The minimum absolute atomic E-state index is 0.0686. The van der Waals surface area contributed by atoms with Gasteiger partial charge < -0.3 is 9.84 Å². The maximum Gasteiger partial charge on any atom is 0.222 e. The fraction of sp³-hybridized carbons (Fsp3) is 0.308. The summed E-state index contributed by atoms with van der Waals surface area (Å²) in [6.45, 7) is 3.83. The number of aliphatic hydroxyl groups is 1. The zero-order valence-electron chi connectivity index (χ0n) is 10.3. The van der Waals surface area contributed by atoms with Gasteiger partial charge in [-0.05, 0) is 26.0 Å². The Morgan fingerprint density at radius 1 is 1.24 bits per heavy atom. The molecule has 0 aliphatic rings. The van der Waals surface area contributed by atoms with Crippen LogP contribution in [0, 0.1) is 13.8 Å². The van der Waals surface area contributed by atoms with Crippen LogP contribution in [0.15, 0.2) is 24.3 Å². The SMILES string of the molecule is COc1c(CO)c(C)nn1-c1ccc(C)cc1. The first-order valence-electron chi connectivity index (χ1n) is 5.47. The van der Waals surface area contributed by atoms with E-state index in [4.69, 9.17) is 4.74 Å². The Morgan fingerprint density at radius 3 is 2.41 bits per heavy atom. The molecule has 0 spiro atoms. The van der Waals surface area contributed by atoms with Crippen LogP contribution >= 0.6 is 0 Å². The standard InChI is InChI=1S/C13H16N2O2/c1-9-4-6-11(7-5-9)15-13(17-3)12(8-16)10(2)14-15/h4-7,16H,8H2,1-3H3. The van der Waals surface area contributed by atoms with Gasteiger partial charge in [-0.15, -0.1) is 0 Å². The van der Waals surface area contributed by atoms with Gasteiger partial charge in [-0.2, -0.15) is 5.10 Å². The van der Waals surface area contributed by atoms with Gasteiger partial charge in [0.2, 0.25) is 5.88 Å². The molecular weight excluding hydrogens is 216 g/mol. The second kappa shape index (κ2) is 4.59. The van der Waals surface area contributed by atoms with Crippen LogP contribution in [0.4, 0.5) is 0 Å². The highest BCUT2D eigenvalue weighted by atomic mass is 16.5. The molecule has 0 unspecified atom stereocenters. The van der Waals surface area contributed by atoms with Crippen LogP contribution in [0.2, 0.25) is 0 Å². The molecule has 0 saturated heterocycles. The van der Waals surface area contributed by atoms with Crippen molar-refractivity contribution in [3.63, 3.8) is 0 Å². The fourth-order valence-electron chi connectivity index (χ4n) is 1.79. The van der Waals surface area contributed by atoms with Crippen LogP contribution in [0.25, 0.3) is 5.69 Å². The molecule has 0 saturated carbocycles. The van der Waals surface area contributed by atoms with Crippen LogP contribution in [0.5, 0.6) is 5.88 Å². The number of aliphatic hydroxyl groups excluding tert-OH is 1. The van der Waals surface area contributed by atoms with Crippen molar-refractivity contribution in [1.29, 1.82) is 0 Å². The summed E-state index contributed by atoms with van der Waals surface area (Å²) in [7, 11) is 1.58. The van der Waals surface area contributed by atoms with E-state index in [9.17, 15) is 5.11 Å². The first-order chi connectivity index (χ1) is 8.17. The average molecular weight is 232 g/mol. The number of hydrogen-bond acceptors (Lipinski definition) is 3. The van der Waals surface area contributed by atoms with Gasteiger partial charge in [0.15, 0.2) is 0 Å². The third-order valence-corrected chi connectivity index (χ3v) is 2.77. The highest BCUT2D eigenvalue weighted by Gasteiger charge is 2.15. The Bertz CT molecular complexity index is 515. The van der Waals surface area contributed by atoms with Crippen molar-refractivity contribution < 1.29 is 9.84 Å². The van der Waals surface area contributed by atoms with Crippen molar-refractivity contribution in [2.75, 3.05) is 7.11 Å². The topological polar surface area (TPSA) is 47.3 Å². The normalized spacial score (nSPS) is 10.6. The summed E-state index contributed by atoms with van der Waals surface area (Å²) in [5.41, 5.74) is 3.63. The highest BCUT2D eigenvalue weighted by molar-refractivity contribution is 5.41. The van der Waals surface area contributed by atoms with Gasteiger partial charge >= 0.3 is 0 Å². The van der Waals surface area contributed by atoms with Crippen molar-refractivity contribution in [3.8, 4) is 11.6 Å². The first-order valence-corrected chi connectivity index (χ1v) is 5.47. The minimum atomic E-state index is -0.0686. The quantitative estimate of drug-likeness (QED) is 0.880. The largest absolute Gasteiger partial charge is 0.481 e. The second-order valence-corrected chi connectivity index (χ2v) is 3.98. The number of nitrogens with zero attached hydrogens (tertiary/aromatic N) is 2. The molecule has 4 heteroatoms. The molecule has 0 radical (unpaired) electrons. The Kier molecular flexibility index (Phi) is 3.15. The van der Waals surface area contributed by atoms with E-state index < -0.39 is 0 Å². The third-order valence-electron chi connectivity index (χ3n) is 2.77. The summed E-state index contributed by atoms with van der Waals surface area (Å²) >= 11 is 0. The molecule has 1 aromatic carbocycles. The maximum atomic E-state index is 9.30. The van der Waals surface area contributed by atoms with E-state index in [0.717, 1.165) is 16.9 Å². The molecule has 4 nitrogen and oxygen atoms in total. The fourth-order valence-corrected chi connectivity index (χ4v) is 1.79. The Balaban J connectivity index is 2.55. The number of benzene rings is 1. The maximum absolute atomic E-state index is 9.30. The van der Waals surface area contributed by atoms with E-state index in [0.29, 0.717) is 5.88 Å². The van der Waals surface area contributed by atoms with E-state index in [1.807, 2.05) is 38.1 Å². The lowest BCUT2D eigenvalue weighted by molar-refractivity contribution is 0.271. The van der Waals surface area contributed by atoms with Gasteiger partial charge in [-0.25, -0.2) is 4.68 Å². The molecule has 2 aromatic rings. The van der Waals surface area contributed by atoms with Crippen LogP contribution < -0.4 is 4.74 Å². The van der Waals surface area contributed by atoms with Crippen molar-refractivity contribution in [3.05, 3.63) is 41.1 Å². The molecule has 0 bridgehead atoms. The second-order valence-electron chi connectivity index (χ2n) is 3.98. The lowest BCUT2D eigenvalue weighted by atomic mass is 10.2. The van der Waals surface area contributed by atoms with E-state index in [1.165, 1.54) is 5.56 Å². The van der Waals surface area contributed by atoms with Crippen molar-refractivity contribution in [1.82, 2.24) is 9.78 Å². The summed E-state index contributed by atoms with van der Waals surface area (Å²) in [6.07, 6.45) is 0. The number of methoxy groups -OCH3 is 1. The molecule has 0 amide bonds. The molecule has 1 heterocycles.